The lowest BCUT2D eigenvalue weighted by atomic mass is 9.92. The summed E-state index contributed by atoms with van der Waals surface area (Å²) in [6, 6.07) is 7.46. The molecule has 1 rings (SSSR count). The Morgan fingerprint density at radius 2 is 1.83 bits per heavy atom. The Bertz CT molecular complexity index is 389. The van der Waals surface area contributed by atoms with Crippen LogP contribution in [0.2, 0.25) is 0 Å². The molecule has 0 saturated carbocycles. The molecule has 100 valence electrons. The second-order valence-corrected chi connectivity index (χ2v) is 4.05. The van der Waals surface area contributed by atoms with Gasteiger partial charge in [0, 0.05) is 0 Å². The topological polar surface area (TPSA) is 47.6 Å². The maximum atomic E-state index is 12.0. The molecule has 0 fully saturated rings. The van der Waals surface area contributed by atoms with Crippen LogP contribution in [0.15, 0.2) is 24.3 Å². The standard InChI is InChI=1S/C14H21NO3/c1-5-17-12-9-7-11(8-10-12)14(3,15-4)13(16)18-6-2/h7-10,15H,5-6H2,1-4H3. The Balaban J connectivity index is 2.97. The average molecular weight is 251 g/mol. The van der Waals surface area contributed by atoms with Gasteiger partial charge in [-0.05, 0) is 45.5 Å². The molecule has 1 unspecified atom stereocenters. The summed E-state index contributed by atoms with van der Waals surface area (Å²) < 4.78 is 10.5. The minimum Gasteiger partial charge on any atom is -0.494 e. The van der Waals surface area contributed by atoms with Gasteiger partial charge < -0.3 is 14.8 Å². The lowest BCUT2D eigenvalue weighted by Crippen LogP contribution is -2.45. The molecule has 0 aromatic heterocycles. The van der Waals surface area contributed by atoms with Crippen LogP contribution >= 0.6 is 0 Å². The summed E-state index contributed by atoms with van der Waals surface area (Å²) in [6.07, 6.45) is 0. The molecule has 4 heteroatoms. The maximum absolute atomic E-state index is 12.0. The van der Waals surface area contributed by atoms with E-state index in [2.05, 4.69) is 5.32 Å². The molecule has 1 aromatic rings. The van der Waals surface area contributed by atoms with Crippen LogP contribution in [0.3, 0.4) is 0 Å². The fraction of sp³-hybridized carbons (Fsp3) is 0.500. The van der Waals surface area contributed by atoms with Gasteiger partial charge in [0.15, 0.2) is 0 Å². The Hall–Kier alpha value is -1.55. The van der Waals surface area contributed by atoms with Gasteiger partial charge in [0.1, 0.15) is 11.3 Å². The van der Waals surface area contributed by atoms with E-state index in [9.17, 15) is 4.79 Å². The van der Waals surface area contributed by atoms with Crippen LogP contribution in [-0.4, -0.2) is 26.2 Å². The largest absolute Gasteiger partial charge is 0.494 e. The lowest BCUT2D eigenvalue weighted by Gasteiger charge is -2.27. The Labute approximate surface area is 108 Å². The highest BCUT2D eigenvalue weighted by molar-refractivity contribution is 5.82. The first kappa shape index (κ1) is 14.5. The second-order valence-electron chi connectivity index (χ2n) is 4.05. The van der Waals surface area contributed by atoms with E-state index in [0.717, 1.165) is 11.3 Å². The zero-order chi connectivity index (χ0) is 13.6. The third-order valence-corrected chi connectivity index (χ3v) is 2.93. The number of ether oxygens (including phenoxy) is 2. The summed E-state index contributed by atoms with van der Waals surface area (Å²) >= 11 is 0. The second kappa shape index (κ2) is 6.40. The summed E-state index contributed by atoms with van der Waals surface area (Å²) in [4.78, 5) is 12.0. The number of hydrogen-bond donors (Lipinski definition) is 1. The first-order valence-corrected chi connectivity index (χ1v) is 6.18. The molecule has 0 spiro atoms. The first-order valence-electron chi connectivity index (χ1n) is 6.18. The zero-order valence-corrected chi connectivity index (χ0v) is 11.4. The molecule has 1 aromatic carbocycles. The van der Waals surface area contributed by atoms with Crippen LogP contribution in [0.5, 0.6) is 5.75 Å². The van der Waals surface area contributed by atoms with Crippen LogP contribution in [0, 0.1) is 0 Å². The van der Waals surface area contributed by atoms with Gasteiger partial charge in [0.05, 0.1) is 13.2 Å². The van der Waals surface area contributed by atoms with Gasteiger partial charge in [0.2, 0.25) is 0 Å². The Kier molecular flexibility index (Phi) is 5.16. The van der Waals surface area contributed by atoms with E-state index in [0.29, 0.717) is 13.2 Å². The molecule has 4 nitrogen and oxygen atoms in total. The average Bonchev–Trinajstić information content (AvgIpc) is 2.39. The van der Waals surface area contributed by atoms with Crippen LogP contribution in [0.1, 0.15) is 26.3 Å². The zero-order valence-electron chi connectivity index (χ0n) is 11.4. The van der Waals surface area contributed by atoms with Crippen LogP contribution in [0.4, 0.5) is 0 Å². The van der Waals surface area contributed by atoms with Gasteiger partial charge in [-0.25, -0.2) is 4.79 Å². The number of esters is 1. The number of carbonyl (C=O) groups excluding carboxylic acids is 1. The van der Waals surface area contributed by atoms with Gasteiger partial charge in [0.25, 0.3) is 0 Å². The fourth-order valence-electron chi connectivity index (χ4n) is 1.69. The highest BCUT2D eigenvalue weighted by atomic mass is 16.5. The minimum absolute atomic E-state index is 0.281. The van der Waals surface area contributed by atoms with E-state index in [1.807, 2.05) is 31.2 Å². The van der Waals surface area contributed by atoms with Gasteiger partial charge in [-0.2, -0.15) is 0 Å². The predicted octanol–water partition coefficient (Wildman–Crippen LogP) is 2.08. The summed E-state index contributed by atoms with van der Waals surface area (Å²) in [5.74, 6) is 0.514. The number of likely N-dealkylation sites (N-methyl/N-ethyl adjacent to an activating group) is 1. The normalized spacial score (nSPS) is 13.8. The summed E-state index contributed by atoms with van der Waals surface area (Å²) in [5.41, 5.74) is 0.0210. The van der Waals surface area contributed by atoms with Gasteiger partial charge >= 0.3 is 5.97 Å². The molecule has 0 aliphatic heterocycles. The minimum atomic E-state index is -0.833. The van der Waals surface area contributed by atoms with E-state index >= 15 is 0 Å². The molecule has 0 amide bonds. The van der Waals surface area contributed by atoms with Crippen molar-refractivity contribution in [1.82, 2.24) is 5.32 Å². The van der Waals surface area contributed by atoms with E-state index in [-0.39, 0.29) is 5.97 Å². The maximum Gasteiger partial charge on any atom is 0.330 e. The van der Waals surface area contributed by atoms with Crippen LogP contribution in [-0.2, 0) is 15.1 Å². The van der Waals surface area contributed by atoms with Crippen molar-refractivity contribution in [2.45, 2.75) is 26.3 Å². The summed E-state index contributed by atoms with van der Waals surface area (Å²) in [7, 11) is 1.74. The fourth-order valence-corrected chi connectivity index (χ4v) is 1.69. The first-order chi connectivity index (χ1) is 8.58. The van der Waals surface area contributed by atoms with Crippen molar-refractivity contribution in [2.24, 2.45) is 0 Å². The van der Waals surface area contributed by atoms with Crippen LogP contribution in [0.25, 0.3) is 0 Å². The Morgan fingerprint density at radius 3 is 2.28 bits per heavy atom. The molecular formula is C14H21NO3. The molecule has 0 aliphatic rings. The van der Waals surface area contributed by atoms with Gasteiger partial charge in [-0.1, -0.05) is 12.1 Å². The third-order valence-electron chi connectivity index (χ3n) is 2.93. The molecule has 0 saturated heterocycles. The number of rotatable bonds is 6. The molecule has 0 radical (unpaired) electrons. The number of nitrogens with one attached hydrogen (secondary N) is 1. The summed E-state index contributed by atoms with van der Waals surface area (Å²) in [6.45, 7) is 6.53. The van der Waals surface area contributed by atoms with Crippen molar-refractivity contribution in [2.75, 3.05) is 20.3 Å². The Morgan fingerprint density at radius 1 is 1.22 bits per heavy atom. The van der Waals surface area contributed by atoms with Crippen molar-refractivity contribution < 1.29 is 14.3 Å². The van der Waals surface area contributed by atoms with Crippen molar-refractivity contribution in [3.63, 3.8) is 0 Å². The van der Waals surface area contributed by atoms with Gasteiger partial charge in [-0.15, -0.1) is 0 Å². The number of hydrogen-bond acceptors (Lipinski definition) is 4. The molecule has 18 heavy (non-hydrogen) atoms. The number of benzene rings is 1. The summed E-state index contributed by atoms with van der Waals surface area (Å²) in [5, 5.41) is 3.02. The van der Waals surface area contributed by atoms with Crippen molar-refractivity contribution >= 4 is 5.97 Å². The van der Waals surface area contributed by atoms with Gasteiger partial charge in [-0.3, -0.25) is 0 Å². The highest BCUT2D eigenvalue weighted by Crippen LogP contribution is 2.24. The van der Waals surface area contributed by atoms with E-state index in [1.54, 1.807) is 20.9 Å². The monoisotopic (exact) mass is 251 g/mol. The molecule has 0 heterocycles. The highest BCUT2D eigenvalue weighted by Gasteiger charge is 2.34. The predicted molar refractivity (Wildman–Crippen MR) is 70.7 cm³/mol. The molecular weight excluding hydrogens is 230 g/mol. The molecule has 1 atom stereocenters. The molecule has 0 aliphatic carbocycles. The van der Waals surface area contributed by atoms with E-state index in [1.165, 1.54) is 0 Å². The van der Waals surface area contributed by atoms with Crippen molar-refractivity contribution in [1.29, 1.82) is 0 Å². The lowest BCUT2D eigenvalue weighted by molar-refractivity contribution is -0.150. The SMILES string of the molecule is CCOC(=O)C(C)(NC)c1ccc(OCC)cc1. The van der Waals surface area contributed by atoms with E-state index in [4.69, 9.17) is 9.47 Å². The smallest absolute Gasteiger partial charge is 0.330 e. The van der Waals surface area contributed by atoms with Crippen molar-refractivity contribution in [3.05, 3.63) is 29.8 Å². The number of carbonyl (C=O) groups is 1. The molecule has 0 bridgehead atoms. The quantitative estimate of drug-likeness (QED) is 0.786. The van der Waals surface area contributed by atoms with Crippen molar-refractivity contribution in [3.8, 4) is 5.75 Å². The van der Waals surface area contributed by atoms with Crippen LogP contribution < -0.4 is 10.1 Å². The van der Waals surface area contributed by atoms with E-state index < -0.39 is 5.54 Å². The third kappa shape index (κ3) is 3.01. The molecule has 1 N–H and O–H groups in total.